The number of hydrogen-bond donors (Lipinski definition) is 2. The molecule has 2 heterocycles. The van der Waals surface area contributed by atoms with E-state index in [1.54, 1.807) is 7.11 Å². The first-order valence-electron chi connectivity index (χ1n) is 9.25. The van der Waals surface area contributed by atoms with Crippen LogP contribution in [0.15, 0.2) is 54.7 Å². The highest BCUT2D eigenvalue weighted by Gasteiger charge is 2.18. The molecule has 0 unspecified atom stereocenters. The van der Waals surface area contributed by atoms with Crippen molar-refractivity contribution < 1.29 is 4.74 Å². The van der Waals surface area contributed by atoms with Crippen LogP contribution in [0.2, 0.25) is 0 Å². The zero-order chi connectivity index (χ0) is 17.8. The lowest BCUT2D eigenvalue weighted by Gasteiger charge is -2.36. The molecular formula is C21H26N4O. The smallest absolute Gasteiger partial charge is 0.141 e. The van der Waals surface area contributed by atoms with Crippen LogP contribution in [0.4, 0.5) is 11.4 Å². The van der Waals surface area contributed by atoms with Gasteiger partial charge in [0.2, 0.25) is 0 Å². The second-order valence-corrected chi connectivity index (χ2v) is 6.67. The van der Waals surface area contributed by atoms with Gasteiger partial charge in [-0.2, -0.15) is 0 Å². The van der Waals surface area contributed by atoms with Gasteiger partial charge in [-0.3, -0.25) is 4.90 Å². The molecule has 1 aromatic heterocycles. The summed E-state index contributed by atoms with van der Waals surface area (Å²) in [6.07, 6.45) is 2.02. The molecule has 1 saturated heterocycles. The number of rotatable bonds is 6. The molecule has 26 heavy (non-hydrogen) atoms. The molecule has 2 N–H and O–H groups in total. The monoisotopic (exact) mass is 350 g/mol. The SMILES string of the molecule is COc1ccccc1NCCN1CCN(c2cccc3[nH]ccc23)CC1. The average Bonchev–Trinajstić information content (AvgIpc) is 3.18. The van der Waals surface area contributed by atoms with Gasteiger partial charge in [0.25, 0.3) is 0 Å². The molecule has 4 rings (SSSR count). The minimum absolute atomic E-state index is 0.900. The van der Waals surface area contributed by atoms with Gasteiger partial charge in [0.15, 0.2) is 0 Å². The summed E-state index contributed by atoms with van der Waals surface area (Å²) in [5.41, 5.74) is 3.62. The Morgan fingerprint density at radius 1 is 1.00 bits per heavy atom. The van der Waals surface area contributed by atoms with Gasteiger partial charge in [0.05, 0.1) is 12.8 Å². The summed E-state index contributed by atoms with van der Waals surface area (Å²) in [5, 5.41) is 4.81. The van der Waals surface area contributed by atoms with Crippen LogP contribution in [-0.4, -0.2) is 56.3 Å². The van der Waals surface area contributed by atoms with Crippen molar-refractivity contribution in [1.82, 2.24) is 9.88 Å². The number of benzene rings is 2. The molecule has 5 nitrogen and oxygen atoms in total. The third kappa shape index (κ3) is 3.48. The Balaban J connectivity index is 1.29. The van der Waals surface area contributed by atoms with Crippen molar-refractivity contribution in [3.63, 3.8) is 0 Å². The molecule has 0 aliphatic carbocycles. The molecule has 0 spiro atoms. The lowest BCUT2D eigenvalue weighted by molar-refractivity contribution is 0.267. The first-order valence-corrected chi connectivity index (χ1v) is 9.25. The maximum atomic E-state index is 5.39. The van der Waals surface area contributed by atoms with E-state index < -0.39 is 0 Å². The Bertz CT molecular complexity index is 852. The second-order valence-electron chi connectivity index (χ2n) is 6.67. The lowest BCUT2D eigenvalue weighted by atomic mass is 10.1. The first-order chi connectivity index (χ1) is 12.8. The Kier molecular flexibility index (Phi) is 4.97. The topological polar surface area (TPSA) is 43.5 Å². The number of H-pyrrole nitrogens is 1. The molecule has 0 radical (unpaired) electrons. The Morgan fingerprint density at radius 3 is 2.69 bits per heavy atom. The third-order valence-electron chi connectivity index (χ3n) is 5.14. The normalized spacial score (nSPS) is 15.3. The van der Waals surface area contributed by atoms with Crippen LogP contribution in [0.25, 0.3) is 10.9 Å². The standard InChI is InChI=1S/C21H26N4O/c1-26-21-8-3-2-5-19(21)23-11-12-24-13-15-25(16-14-24)20-7-4-6-18-17(20)9-10-22-18/h2-10,22-23H,11-16H2,1H3. The number of nitrogens with one attached hydrogen (secondary N) is 2. The van der Waals surface area contributed by atoms with Crippen LogP contribution >= 0.6 is 0 Å². The van der Waals surface area contributed by atoms with E-state index in [0.29, 0.717) is 0 Å². The molecule has 1 aliphatic heterocycles. The number of anilines is 2. The molecule has 136 valence electrons. The number of methoxy groups -OCH3 is 1. The summed E-state index contributed by atoms with van der Waals surface area (Å²) in [6, 6.07) is 16.8. The quantitative estimate of drug-likeness (QED) is 0.715. The van der Waals surface area contributed by atoms with Crippen molar-refractivity contribution in [1.29, 1.82) is 0 Å². The molecule has 3 aromatic rings. The Hall–Kier alpha value is -2.66. The number of para-hydroxylation sites is 2. The van der Waals surface area contributed by atoms with Crippen LogP contribution in [0.5, 0.6) is 5.75 Å². The zero-order valence-corrected chi connectivity index (χ0v) is 15.2. The highest BCUT2D eigenvalue weighted by molar-refractivity contribution is 5.92. The number of nitrogens with zero attached hydrogens (tertiary/aromatic N) is 2. The molecule has 2 aromatic carbocycles. The van der Waals surface area contributed by atoms with Gasteiger partial charge in [0, 0.05) is 62.1 Å². The van der Waals surface area contributed by atoms with E-state index in [-0.39, 0.29) is 0 Å². The van der Waals surface area contributed by atoms with Crippen LogP contribution in [0.3, 0.4) is 0 Å². The number of aromatic nitrogens is 1. The van der Waals surface area contributed by atoms with E-state index in [4.69, 9.17) is 4.74 Å². The van der Waals surface area contributed by atoms with E-state index in [9.17, 15) is 0 Å². The molecule has 1 aliphatic rings. The van der Waals surface area contributed by atoms with Crippen molar-refractivity contribution in [2.75, 3.05) is 56.6 Å². The van der Waals surface area contributed by atoms with Gasteiger partial charge in [-0.05, 0) is 30.3 Å². The van der Waals surface area contributed by atoms with E-state index in [1.807, 2.05) is 24.4 Å². The maximum absolute atomic E-state index is 5.39. The average molecular weight is 350 g/mol. The summed E-state index contributed by atoms with van der Waals surface area (Å²) in [4.78, 5) is 8.33. The highest BCUT2D eigenvalue weighted by atomic mass is 16.5. The summed E-state index contributed by atoms with van der Waals surface area (Å²) >= 11 is 0. The van der Waals surface area contributed by atoms with Crippen molar-refractivity contribution >= 4 is 22.3 Å². The molecule has 5 heteroatoms. The molecule has 0 saturated carbocycles. The highest BCUT2D eigenvalue weighted by Crippen LogP contribution is 2.27. The van der Waals surface area contributed by atoms with Gasteiger partial charge in [-0.1, -0.05) is 18.2 Å². The van der Waals surface area contributed by atoms with Gasteiger partial charge in [0.1, 0.15) is 5.75 Å². The van der Waals surface area contributed by atoms with Gasteiger partial charge >= 0.3 is 0 Å². The van der Waals surface area contributed by atoms with E-state index >= 15 is 0 Å². The Morgan fingerprint density at radius 2 is 1.85 bits per heavy atom. The summed E-state index contributed by atoms with van der Waals surface area (Å²) in [7, 11) is 1.71. The molecule has 1 fully saturated rings. The molecular weight excluding hydrogens is 324 g/mol. The minimum atomic E-state index is 0.900. The number of aromatic amines is 1. The van der Waals surface area contributed by atoms with E-state index in [0.717, 1.165) is 50.7 Å². The van der Waals surface area contributed by atoms with Crippen molar-refractivity contribution in [3.05, 3.63) is 54.7 Å². The summed E-state index contributed by atoms with van der Waals surface area (Å²) in [6.45, 7) is 6.29. The zero-order valence-electron chi connectivity index (χ0n) is 15.2. The van der Waals surface area contributed by atoms with Crippen LogP contribution in [-0.2, 0) is 0 Å². The predicted octanol–water partition coefficient (Wildman–Crippen LogP) is 3.41. The van der Waals surface area contributed by atoms with Crippen molar-refractivity contribution in [3.8, 4) is 5.75 Å². The number of hydrogen-bond acceptors (Lipinski definition) is 4. The van der Waals surface area contributed by atoms with Crippen LogP contribution in [0.1, 0.15) is 0 Å². The molecule has 0 bridgehead atoms. The van der Waals surface area contributed by atoms with E-state index in [1.165, 1.54) is 16.6 Å². The largest absolute Gasteiger partial charge is 0.495 e. The molecule has 0 atom stereocenters. The fourth-order valence-electron chi connectivity index (χ4n) is 3.70. The summed E-state index contributed by atoms with van der Waals surface area (Å²) < 4.78 is 5.39. The van der Waals surface area contributed by atoms with Crippen molar-refractivity contribution in [2.24, 2.45) is 0 Å². The van der Waals surface area contributed by atoms with Crippen LogP contribution < -0.4 is 15.0 Å². The Labute approximate surface area is 154 Å². The predicted molar refractivity (Wildman–Crippen MR) is 108 cm³/mol. The minimum Gasteiger partial charge on any atom is -0.495 e. The third-order valence-corrected chi connectivity index (χ3v) is 5.14. The van der Waals surface area contributed by atoms with Gasteiger partial charge in [-0.15, -0.1) is 0 Å². The fraction of sp³-hybridized carbons (Fsp3) is 0.333. The molecule has 0 amide bonds. The van der Waals surface area contributed by atoms with Crippen LogP contribution in [0, 0.1) is 0 Å². The van der Waals surface area contributed by atoms with Gasteiger partial charge in [-0.25, -0.2) is 0 Å². The maximum Gasteiger partial charge on any atom is 0.141 e. The first kappa shape index (κ1) is 16.8. The number of fused-ring (bicyclic) bond motifs is 1. The van der Waals surface area contributed by atoms with E-state index in [2.05, 4.69) is 50.4 Å². The number of piperazine rings is 1. The van der Waals surface area contributed by atoms with Crippen molar-refractivity contribution in [2.45, 2.75) is 0 Å². The fourth-order valence-corrected chi connectivity index (χ4v) is 3.70. The summed E-state index contributed by atoms with van der Waals surface area (Å²) in [5.74, 6) is 0.900. The second kappa shape index (κ2) is 7.70. The lowest BCUT2D eigenvalue weighted by Crippen LogP contribution is -2.47. The number of ether oxygens (including phenoxy) is 1. The van der Waals surface area contributed by atoms with Gasteiger partial charge < -0.3 is 19.9 Å².